The number of hydrogen-bond donors (Lipinski definition) is 1. The highest BCUT2D eigenvalue weighted by atomic mass is 35.5. The van der Waals surface area contributed by atoms with Crippen molar-refractivity contribution in [2.45, 2.75) is 69.8 Å². The molecular weight excluding hydrogens is 511 g/mol. The fourth-order valence-electron chi connectivity index (χ4n) is 4.24. The molecule has 184 valence electrons. The SMILES string of the molecule is CC[C@@H](C(=O)NC1CCCCC1)N(Cc1ccccc1Cl)C(=O)CSCc1ccc(Cl)c(Cl)c1. The molecule has 0 aliphatic heterocycles. The molecule has 1 aliphatic carbocycles. The number of carbonyl (C=O) groups is 2. The summed E-state index contributed by atoms with van der Waals surface area (Å²) >= 11 is 20.0. The predicted octanol–water partition coefficient (Wildman–Crippen LogP) is 7.14. The molecule has 1 fully saturated rings. The standard InChI is InChI=1S/C26H31Cl3N2O2S/c1-2-24(26(33)30-20-9-4-3-5-10-20)31(15-19-8-6-7-11-21(19)27)25(32)17-34-16-18-12-13-22(28)23(29)14-18/h6-8,11-14,20,24H,2-5,9-10,15-17H2,1H3,(H,30,33)/t24-/m0/s1. The maximum atomic E-state index is 13.4. The van der Waals surface area contributed by atoms with Crippen LogP contribution in [0.4, 0.5) is 0 Å². The summed E-state index contributed by atoms with van der Waals surface area (Å²) in [4.78, 5) is 28.3. The van der Waals surface area contributed by atoms with Gasteiger partial charge in [0.2, 0.25) is 11.8 Å². The Morgan fingerprint density at radius 3 is 2.44 bits per heavy atom. The number of hydrogen-bond acceptors (Lipinski definition) is 3. The number of nitrogens with one attached hydrogen (secondary N) is 1. The first-order valence-corrected chi connectivity index (χ1v) is 14.0. The Labute approximate surface area is 221 Å². The van der Waals surface area contributed by atoms with Crippen LogP contribution in [0.1, 0.15) is 56.6 Å². The number of amides is 2. The fourth-order valence-corrected chi connectivity index (χ4v) is 5.62. The topological polar surface area (TPSA) is 49.4 Å². The van der Waals surface area contributed by atoms with Gasteiger partial charge in [0.1, 0.15) is 6.04 Å². The van der Waals surface area contributed by atoms with Gasteiger partial charge in [-0.2, -0.15) is 0 Å². The van der Waals surface area contributed by atoms with Gasteiger partial charge in [0.05, 0.1) is 15.8 Å². The van der Waals surface area contributed by atoms with Gasteiger partial charge < -0.3 is 10.2 Å². The highest BCUT2D eigenvalue weighted by Gasteiger charge is 2.30. The van der Waals surface area contributed by atoms with Crippen LogP contribution in [0.3, 0.4) is 0 Å². The fraction of sp³-hybridized carbons (Fsp3) is 0.462. The Morgan fingerprint density at radius 2 is 1.76 bits per heavy atom. The third-order valence-corrected chi connectivity index (χ3v) is 8.21. The normalized spacial score (nSPS) is 15.1. The second-order valence-electron chi connectivity index (χ2n) is 8.62. The lowest BCUT2D eigenvalue weighted by Gasteiger charge is -2.33. The van der Waals surface area contributed by atoms with Crippen LogP contribution < -0.4 is 5.32 Å². The van der Waals surface area contributed by atoms with Crippen LogP contribution >= 0.6 is 46.6 Å². The lowest BCUT2D eigenvalue weighted by Crippen LogP contribution is -2.52. The van der Waals surface area contributed by atoms with Gasteiger partial charge in [0, 0.05) is 23.4 Å². The minimum atomic E-state index is -0.545. The van der Waals surface area contributed by atoms with E-state index in [9.17, 15) is 9.59 Å². The summed E-state index contributed by atoms with van der Waals surface area (Å²) in [5.41, 5.74) is 1.82. The Kier molecular flexibility index (Phi) is 10.9. The maximum absolute atomic E-state index is 13.4. The maximum Gasteiger partial charge on any atom is 0.243 e. The predicted molar refractivity (Wildman–Crippen MR) is 144 cm³/mol. The smallest absolute Gasteiger partial charge is 0.243 e. The number of halogens is 3. The Bertz CT molecular complexity index is 982. The number of benzene rings is 2. The Morgan fingerprint density at radius 1 is 1.03 bits per heavy atom. The molecule has 2 aromatic carbocycles. The van der Waals surface area contributed by atoms with Crippen molar-refractivity contribution in [1.82, 2.24) is 10.2 Å². The van der Waals surface area contributed by atoms with Crippen molar-refractivity contribution in [2.24, 2.45) is 0 Å². The van der Waals surface area contributed by atoms with Crippen molar-refractivity contribution in [3.8, 4) is 0 Å². The zero-order valence-corrected chi connectivity index (χ0v) is 22.5. The molecule has 0 aromatic heterocycles. The average molecular weight is 542 g/mol. The molecule has 34 heavy (non-hydrogen) atoms. The minimum absolute atomic E-state index is 0.0794. The second-order valence-corrected chi connectivity index (χ2v) is 10.8. The molecule has 0 saturated heterocycles. The van der Waals surface area contributed by atoms with E-state index in [2.05, 4.69) is 5.32 Å². The third-order valence-electron chi connectivity index (χ3n) is 6.11. The van der Waals surface area contributed by atoms with Gasteiger partial charge in [0.15, 0.2) is 0 Å². The van der Waals surface area contributed by atoms with Crippen molar-refractivity contribution in [1.29, 1.82) is 0 Å². The molecule has 0 unspecified atom stereocenters. The monoisotopic (exact) mass is 540 g/mol. The molecule has 1 N–H and O–H groups in total. The summed E-state index contributed by atoms with van der Waals surface area (Å²) in [6.07, 6.45) is 6.02. The van der Waals surface area contributed by atoms with Crippen molar-refractivity contribution in [3.63, 3.8) is 0 Å². The molecule has 2 amide bonds. The van der Waals surface area contributed by atoms with E-state index in [-0.39, 0.29) is 23.6 Å². The van der Waals surface area contributed by atoms with Crippen molar-refractivity contribution >= 4 is 58.4 Å². The van der Waals surface area contributed by atoms with Crippen LogP contribution in [0.5, 0.6) is 0 Å². The zero-order valence-electron chi connectivity index (χ0n) is 19.4. The quantitative estimate of drug-likeness (QED) is 0.348. The van der Waals surface area contributed by atoms with Crippen LogP contribution in [0.2, 0.25) is 15.1 Å². The summed E-state index contributed by atoms with van der Waals surface area (Å²) in [5.74, 6) is 0.700. The lowest BCUT2D eigenvalue weighted by atomic mass is 9.95. The highest BCUT2D eigenvalue weighted by molar-refractivity contribution is 7.99. The molecule has 3 rings (SSSR count). The van der Waals surface area contributed by atoms with Crippen LogP contribution in [0, 0.1) is 0 Å². The van der Waals surface area contributed by atoms with Crippen LogP contribution in [0.25, 0.3) is 0 Å². The van der Waals surface area contributed by atoms with Gasteiger partial charge in [-0.3, -0.25) is 9.59 Å². The minimum Gasteiger partial charge on any atom is -0.352 e. The molecule has 1 saturated carbocycles. The molecule has 2 aromatic rings. The van der Waals surface area contributed by atoms with Crippen molar-refractivity contribution in [2.75, 3.05) is 5.75 Å². The summed E-state index contributed by atoms with van der Waals surface area (Å²) < 4.78 is 0. The summed E-state index contributed by atoms with van der Waals surface area (Å²) in [5, 5.41) is 4.79. The summed E-state index contributed by atoms with van der Waals surface area (Å²) in [6.45, 7) is 2.24. The van der Waals surface area contributed by atoms with E-state index in [1.807, 2.05) is 43.3 Å². The lowest BCUT2D eigenvalue weighted by molar-refractivity contribution is -0.139. The summed E-state index contributed by atoms with van der Waals surface area (Å²) in [6, 6.07) is 12.6. The van der Waals surface area contributed by atoms with Crippen LogP contribution in [-0.2, 0) is 21.9 Å². The third kappa shape index (κ3) is 7.81. The first-order chi connectivity index (χ1) is 16.4. The largest absolute Gasteiger partial charge is 0.352 e. The Hall–Kier alpha value is -1.40. The van der Waals surface area contributed by atoms with Crippen molar-refractivity contribution in [3.05, 3.63) is 68.7 Å². The van der Waals surface area contributed by atoms with E-state index >= 15 is 0 Å². The van der Waals surface area contributed by atoms with Gasteiger partial charge in [-0.25, -0.2) is 0 Å². The molecule has 1 atom stereocenters. The van der Waals surface area contributed by atoms with E-state index in [0.29, 0.717) is 33.8 Å². The second kappa shape index (κ2) is 13.6. The number of thioether (sulfide) groups is 1. The molecule has 0 spiro atoms. The van der Waals surface area contributed by atoms with Crippen molar-refractivity contribution < 1.29 is 9.59 Å². The van der Waals surface area contributed by atoms with Gasteiger partial charge in [0.25, 0.3) is 0 Å². The van der Waals surface area contributed by atoms with E-state index < -0.39 is 6.04 Å². The van der Waals surface area contributed by atoms with E-state index in [4.69, 9.17) is 34.8 Å². The van der Waals surface area contributed by atoms with Crippen LogP contribution in [-0.4, -0.2) is 34.6 Å². The molecule has 4 nitrogen and oxygen atoms in total. The molecule has 0 heterocycles. The molecule has 0 bridgehead atoms. The van der Waals surface area contributed by atoms with Crippen LogP contribution in [0.15, 0.2) is 42.5 Å². The van der Waals surface area contributed by atoms with E-state index in [1.54, 1.807) is 11.0 Å². The van der Waals surface area contributed by atoms with E-state index in [1.165, 1.54) is 18.2 Å². The number of rotatable bonds is 10. The zero-order chi connectivity index (χ0) is 24.5. The van der Waals surface area contributed by atoms with E-state index in [0.717, 1.165) is 36.8 Å². The Balaban J connectivity index is 1.71. The first-order valence-electron chi connectivity index (χ1n) is 11.7. The molecule has 8 heteroatoms. The first kappa shape index (κ1) is 27.2. The summed E-state index contributed by atoms with van der Waals surface area (Å²) in [7, 11) is 0. The van der Waals surface area contributed by atoms with Gasteiger partial charge >= 0.3 is 0 Å². The number of carbonyl (C=O) groups excluding carboxylic acids is 2. The molecular formula is C26H31Cl3N2O2S. The molecule has 0 radical (unpaired) electrons. The van der Waals surface area contributed by atoms with Gasteiger partial charge in [-0.05, 0) is 48.6 Å². The van der Waals surface area contributed by atoms with Gasteiger partial charge in [-0.1, -0.05) is 85.3 Å². The highest BCUT2D eigenvalue weighted by Crippen LogP contribution is 2.26. The molecule has 1 aliphatic rings. The van der Waals surface area contributed by atoms with Gasteiger partial charge in [-0.15, -0.1) is 11.8 Å². The number of nitrogens with zero attached hydrogens (tertiary/aromatic N) is 1. The average Bonchev–Trinajstić information content (AvgIpc) is 2.83.